The SMILES string of the molecule is CCNC(=O)c1cc(S(=O)(=O)N2CCCCC2)ccc1OC. The number of amides is 1. The molecule has 1 aliphatic heterocycles. The fourth-order valence-corrected chi connectivity index (χ4v) is 4.08. The number of hydrogen-bond acceptors (Lipinski definition) is 4. The molecule has 1 saturated heterocycles. The van der Waals surface area contributed by atoms with Gasteiger partial charge in [0, 0.05) is 19.6 Å². The highest BCUT2D eigenvalue weighted by Crippen LogP contribution is 2.26. The number of carbonyl (C=O) groups excluding carboxylic acids is 1. The monoisotopic (exact) mass is 326 g/mol. The van der Waals surface area contributed by atoms with Gasteiger partial charge < -0.3 is 10.1 Å². The molecule has 122 valence electrons. The molecule has 0 bridgehead atoms. The van der Waals surface area contributed by atoms with Crippen LogP contribution in [0.5, 0.6) is 5.75 Å². The third-order valence-electron chi connectivity index (χ3n) is 3.71. The fourth-order valence-electron chi connectivity index (χ4n) is 2.54. The van der Waals surface area contributed by atoms with Gasteiger partial charge in [-0.1, -0.05) is 6.42 Å². The Morgan fingerprint density at radius 1 is 1.27 bits per heavy atom. The van der Waals surface area contributed by atoms with Crippen LogP contribution in [-0.4, -0.2) is 45.4 Å². The first-order chi connectivity index (χ1) is 10.5. The molecule has 0 unspecified atom stereocenters. The minimum atomic E-state index is -3.56. The van der Waals surface area contributed by atoms with Crippen LogP contribution in [0.25, 0.3) is 0 Å². The van der Waals surface area contributed by atoms with Crippen LogP contribution in [0.2, 0.25) is 0 Å². The highest BCUT2D eigenvalue weighted by molar-refractivity contribution is 7.89. The third-order valence-corrected chi connectivity index (χ3v) is 5.60. The highest BCUT2D eigenvalue weighted by atomic mass is 32.2. The normalized spacial score (nSPS) is 16.3. The van der Waals surface area contributed by atoms with Crippen molar-refractivity contribution < 1.29 is 17.9 Å². The summed E-state index contributed by atoms with van der Waals surface area (Å²) < 4.78 is 32.0. The van der Waals surface area contributed by atoms with E-state index >= 15 is 0 Å². The maximum atomic E-state index is 12.7. The van der Waals surface area contributed by atoms with Gasteiger partial charge in [0.2, 0.25) is 10.0 Å². The van der Waals surface area contributed by atoms with Crippen LogP contribution in [-0.2, 0) is 10.0 Å². The summed E-state index contributed by atoms with van der Waals surface area (Å²) in [5, 5.41) is 2.67. The predicted molar refractivity (Wildman–Crippen MR) is 83.6 cm³/mol. The summed E-state index contributed by atoms with van der Waals surface area (Å²) in [5.41, 5.74) is 0.238. The summed E-state index contributed by atoms with van der Waals surface area (Å²) >= 11 is 0. The van der Waals surface area contributed by atoms with Crippen molar-refractivity contribution in [3.8, 4) is 5.75 Å². The van der Waals surface area contributed by atoms with Crippen molar-refractivity contribution >= 4 is 15.9 Å². The van der Waals surface area contributed by atoms with Crippen LogP contribution >= 0.6 is 0 Å². The van der Waals surface area contributed by atoms with Crippen LogP contribution in [0.1, 0.15) is 36.5 Å². The maximum Gasteiger partial charge on any atom is 0.255 e. The van der Waals surface area contributed by atoms with E-state index in [2.05, 4.69) is 5.32 Å². The van der Waals surface area contributed by atoms with E-state index in [0.717, 1.165) is 19.3 Å². The Hall–Kier alpha value is -1.60. The average molecular weight is 326 g/mol. The summed E-state index contributed by atoms with van der Waals surface area (Å²) in [6.07, 6.45) is 2.80. The van der Waals surface area contributed by atoms with Crippen molar-refractivity contribution in [1.82, 2.24) is 9.62 Å². The topological polar surface area (TPSA) is 75.7 Å². The molecule has 22 heavy (non-hydrogen) atoms. The van der Waals surface area contributed by atoms with Crippen LogP contribution in [0, 0.1) is 0 Å². The molecular formula is C15H22N2O4S. The molecule has 0 spiro atoms. The zero-order valence-corrected chi connectivity index (χ0v) is 13.8. The van der Waals surface area contributed by atoms with Crippen LogP contribution in [0.4, 0.5) is 0 Å². The van der Waals surface area contributed by atoms with Crippen molar-refractivity contribution in [2.45, 2.75) is 31.1 Å². The standard InChI is InChI=1S/C15H22N2O4S/c1-3-16-15(18)13-11-12(7-8-14(13)21-2)22(19,20)17-9-5-4-6-10-17/h7-8,11H,3-6,9-10H2,1-2H3,(H,16,18). The van der Waals surface area contributed by atoms with Gasteiger partial charge in [0.15, 0.2) is 0 Å². The Balaban J connectivity index is 2.39. The van der Waals surface area contributed by atoms with Gasteiger partial charge in [-0.2, -0.15) is 4.31 Å². The summed E-state index contributed by atoms with van der Waals surface area (Å²) in [4.78, 5) is 12.2. The number of methoxy groups -OCH3 is 1. The maximum absolute atomic E-state index is 12.7. The lowest BCUT2D eigenvalue weighted by molar-refractivity contribution is 0.0952. The lowest BCUT2D eigenvalue weighted by Gasteiger charge is -2.26. The minimum Gasteiger partial charge on any atom is -0.496 e. The molecule has 1 heterocycles. The summed E-state index contributed by atoms with van der Waals surface area (Å²) in [6, 6.07) is 4.42. The number of rotatable bonds is 5. The second kappa shape index (κ2) is 7.11. The zero-order valence-electron chi connectivity index (χ0n) is 13.0. The van der Waals surface area contributed by atoms with E-state index in [4.69, 9.17) is 4.74 Å². The van der Waals surface area contributed by atoms with Gasteiger partial charge in [-0.15, -0.1) is 0 Å². The molecule has 0 aromatic heterocycles. The second-order valence-corrected chi connectivity index (χ2v) is 7.12. The number of nitrogens with zero attached hydrogens (tertiary/aromatic N) is 1. The van der Waals surface area contributed by atoms with Crippen LogP contribution in [0.15, 0.2) is 23.1 Å². The minimum absolute atomic E-state index is 0.136. The first-order valence-corrected chi connectivity index (χ1v) is 8.91. The van der Waals surface area contributed by atoms with Gasteiger partial charge in [0.05, 0.1) is 17.6 Å². The fraction of sp³-hybridized carbons (Fsp3) is 0.533. The van der Waals surface area contributed by atoms with E-state index < -0.39 is 10.0 Å². The Morgan fingerprint density at radius 3 is 2.55 bits per heavy atom. The van der Waals surface area contributed by atoms with E-state index in [1.165, 1.54) is 29.6 Å². The molecule has 1 aromatic carbocycles. The predicted octanol–water partition coefficient (Wildman–Crippen LogP) is 1.62. The van der Waals surface area contributed by atoms with Crippen LogP contribution in [0.3, 0.4) is 0 Å². The molecule has 1 aliphatic rings. The van der Waals surface area contributed by atoms with E-state index in [9.17, 15) is 13.2 Å². The molecule has 0 aliphatic carbocycles. The third kappa shape index (κ3) is 3.41. The van der Waals surface area contributed by atoms with Gasteiger partial charge in [-0.05, 0) is 38.0 Å². The number of carbonyl (C=O) groups is 1. The van der Waals surface area contributed by atoms with Gasteiger partial charge >= 0.3 is 0 Å². The molecule has 1 N–H and O–H groups in total. The molecule has 1 amide bonds. The average Bonchev–Trinajstić information content (AvgIpc) is 2.55. The smallest absolute Gasteiger partial charge is 0.255 e. The van der Waals surface area contributed by atoms with Crippen LogP contribution < -0.4 is 10.1 Å². The molecule has 7 heteroatoms. The molecule has 0 radical (unpaired) electrons. The summed E-state index contributed by atoms with van der Waals surface area (Å²) in [6.45, 7) is 3.33. The summed E-state index contributed by atoms with van der Waals surface area (Å²) in [7, 11) is -2.10. The lowest BCUT2D eigenvalue weighted by Crippen LogP contribution is -2.35. The molecular weight excluding hydrogens is 304 g/mol. The Kier molecular flexibility index (Phi) is 5.42. The molecule has 2 rings (SSSR count). The lowest BCUT2D eigenvalue weighted by atomic mass is 10.2. The Bertz CT molecular complexity index is 637. The van der Waals surface area contributed by atoms with E-state index in [1.54, 1.807) is 6.92 Å². The number of sulfonamides is 1. The first kappa shape index (κ1) is 16.8. The number of nitrogens with one attached hydrogen (secondary N) is 1. The number of piperidine rings is 1. The molecule has 0 saturated carbocycles. The van der Waals surface area contributed by atoms with E-state index in [-0.39, 0.29) is 16.4 Å². The zero-order chi connectivity index (χ0) is 16.2. The number of hydrogen-bond donors (Lipinski definition) is 1. The largest absolute Gasteiger partial charge is 0.496 e. The highest BCUT2D eigenvalue weighted by Gasteiger charge is 2.27. The van der Waals surface area contributed by atoms with E-state index in [1.807, 2.05) is 0 Å². The molecule has 0 atom stereocenters. The second-order valence-electron chi connectivity index (χ2n) is 5.19. The first-order valence-electron chi connectivity index (χ1n) is 7.47. The van der Waals surface area contributed by atoms with Gasteiger partial charge in [0.25, 0.3) is 5.91 Å². The van der Waals surface area contributed by atoms with Crippen molar-refractivity contribution in [2.75, 3.05) is 26.7 Å². The van der Waals surface area contributed by atoms with Crippen molar-refractivity contribution in [3.05, 3.63) is 23.8 Å². The van der Waals surface area contributed by atoms with Crippen molar-refractivity contribution in [3.63, 3.8) is 0 Å². The number of benzene rings is 1. The van der Waals surface area contributed by atoms with Crippen molar-refractivity contribution in [1.29, 1.82) is 0 Å². The van der Waals surface area contributed by atoms with Crippen molar-refractivity contribution in [2.24, 2.45) is 0 Å². The molecule has 1 aromatic rings. The Labute approximate surface area is 131 Å². The van der Waals surface area contributed by atoms with E-state index in [0.29, 0.717) is 25.4 Å². The van der Waals surface area contributed by atoms with Gasteiger partial charge in [0.1, 0.15) is 5.75 Å². The summed E-state index contributed by atoms with van der Waals surface area (Å²) in [5.74, 6) is 0.0265. The Morgan fingerprint density at radius 2 is 1.95 bits per heavy atom. The molecule has 6 nitrogen and oxygen atoms in total. The van der Waals surface area contributed by atoms with Gasteiger partial charge in [-0.25, -0.2) is 8.42 Å². The molecule has 1 fully saturated rings. The number of ether oxygens (including phenoxy) is 1. The van der Waals surface area contributed by atoms with Gasteiger partial charge in [-0.3, -0.25) is 4.79 Å². The quantitative estimate of drug-likeness (QED) is 0.892.